The van der Waals surface area contributed by atoms with Gasteiger partial charge < -0.3 is 0 Å². The number of thiophene rings is 2. The molecule has 8 heteroatoms. The van der Waals surface area contributed by atoms with E-state index < -0.39 is 0 Å². The van der Waals surface area contributed by atoms with Crippen molar-refractivity contribution in [3.8, 4) is 10.7 Å². The normalized spacial score (nSPS) is 11.0. The predicted molar refractivity (Wildman–Crippen MR) is 113 cm³/mol. The van der Waals surface area contributed by atoms with Crippen LogP contribution in [-0.2, 0) is 6.54 Å². The lowest BCUT2D eigenvalue weighted by Crippen LogP contribution is -2.06. The lowest BCUT2D eigenvalue weighted by Gasteiger charge is -2.09. The maximum absolute atomic E-state index is 12.4. The van der Waals surface area contributed by atoms with Crippen molar-refractivity contribution in [1.29, 1.82) is 0 Å². The van der Waals surface area contributed by atoms with Crippen LogP contribution in [0.4, 0.5) is 0 Å². The average Bonchev–Trinajstić information content (AvgIpc) is 3.42. The van der Waals surface area contributed by atoms with Crippen LogP contribution in [0.5, 0.6) is 0 Å². The molecule has 0 N–H and O–H groups in total. The highest BCUT2D eigenvalue weighted by Gasteiger charge is 2.17. The molecule has 27 heavy (non-hydrogen) atoms. The van der Waals surface area contributed by atoms with Crippen LogP contribution in [0.25, 0.3) is 10.7 Å². The van der Waals surface area contributed by atoms with E-state index in [1.54, 1.807) is 23.5 Å². The Labute approximate surface area is 173 Å². The van der Waals surface area contributed by atoms with E-state index in [9.17, 15) is 4.79 Å². The van der Waals surface area contributed by atoms with Crippen LogP contribution >= 0.6 is 46.0 Å². The van der Waals surface area contributed by atoms with Gasteiger partial charge in [0.15, 0.2) is 16.8 Å². The standard InChI is InChI=1S/C19H14ClN3OS3/c20-17-9-8-15(27-17)14(24)12-26-19-22-21-18(16-7-4-10-25-16)23(19)11-13-5-2-1-3-6-13/h1-10H,11-12H2. The molecule has 4 rings (SSSR count). The molecule has 136 valence electrons. The van der Waals surface area contributed by atoms with Gasteiger partial charge in [-0.2, -0.15) is 0 Å². The molecule has 0 saturated carbocycles. The minimum absolute atomic E-state index is 0.0452. The molecule has 0 aliphatic rings. The van der Waals surface area contributed by atoms with Gasteiger partial charge >= 0.3 is 0 Å². The molecule has 0 saturated heterocycles. The van der Waals surface area contributed by atoms with E-state index in [1.165, 1.54) is 23.1 Å². The summed E-state index contributed by atoms with van der Waals surface area (Å²) in [7, 11) is 0. The topological polar surface area (TPSA) is 47.8 Å². The quantitative estimate of drug-likeness (QED) is 0.276. The van der Waals surface area contributed by atoms with Gasteiger partial charge in [0.25, 0.3) is 0 Å². The molecule has 3 aromatic heterocycles. The first-order valence-corrected chi connectivity index (χ1v) is 11.2. The van der Waals surface area contributed by atoms with Crippen LogP contribution in [0.3, 0.4) is 0 Å². The Kier molecular flexibility index (Phi) is 5.73. The van der Waals surface area contributed by atoms with Gasteiger partial charge in [0.1, 0.15) is 0 Å². The highest BCUT2D eigenvalue weighted by Crippen LogP contribution is 2.29. The molecule has 4 aromatic rings. The Bertz CT molecular complexity index is 1040. The van der Waals surface area contributed by atoms with Crippen molar-refractivity contribution in [3.63, 3.8) is 0 Å². The van der Waals surface area contributed by atoms with Gasteiger partial charge in [-0.15, -0.1) is 32.9 Å². The van der Waals surface area contributed by atoms with Crippen molar-refractivity contribution < 1.29 is 4.79 Å². The summed E-state index contributed by atoms with van der Waals surface area (Å²) >= 11 is 10.3. The fourth-order valence-corrected chi connectivity index (χ4v) is 5.17. The van der Waals surface area contributed by atoms with Crippen LogP contribution in [0.1, 0.15) is 15.2 Å². The van der Waals surface area contributed by atoms with Gasteiger partial charge in [-0.05, 0) is 29.1 Å². The van der Waals surface area contributed by atoms with Crippen LogP contribution < -0.4 is 0 Å². The van der Waals surface area contributed by atoms with Crippen molar-refractivity contribution >= 4 is 51.8 Å². The molecule has 4 nitrogen and oxygen atoms in total. The van der Waals surface area contributed by atoms with Gasteiger partial charge in [-0.1, -0.05) is 59.8 Å². The third-order valence-corrected chi connectivity index (χ3v) is 6.93. The summed E-state index contributed by atoms with van der Waals surface area (Å²) in [4.78, 5) is 14.1. The molecule has 3 heterocycles. The van der Waals surface area contributed by atoms with Crippen LogP contribution in [0, 0.1) is 0 Å². The fourth-order valence-electron chi connectivity index (χ4n) is 2.56. The minimum atomic E-state index is 0.0452. The van der Waals surface area contributed by atoms with Crippen LogP contribution in [0.15, 0.2) is 65.1 Å². The first kappa shape index (κ1) is 18.4. The van der Waals surface area contributed by atoms with E-state index in [-0.39, 0.29) is 5.78 Å². The minimum Gasteiger partial charge on any atom is -0.297 e. The number of benzene rings is 1. The number of hydrogen-bond donors (Lipinski definition) is 0. The number of thioether (sulfide) groups is 1. The summed E-state index contributed by atoms with van der Waals surface area (Å²) < 4.78 is 2.69. The van der Waals surface area contributed by atoms with Gasteiger partial charge in [0.2, 0.25) is 0 Å². The van der Waals surface area contributed by atoms with Gasteiger partial charge in [0, 0.05) is 0 Å². The molecule has 0 radical (unpaired) electrons. The fraction of sp³-hybridized carbons (Fsp3) is 0.105. The number of ketones is 1. The number of hydrogen-bond acceptors (Lipinski definition) is 6. The molecule has 0 amide bonds. The van der Waals surface area contributed by atoms with E-state index in [0.717, 1.165) is 21.4 Å². The zero-order valence-corrected chi connectivity index (χ0v) is 17.2. The second kappa shape index (κ2) is 8.39. The van der Waals surface area contributed by atoms with E-state index in [4.69, 9.17) is 11.6 Å². The zero-order valence-electron chi connectivity index (χ0n) is 14.0. The molecule has 0 atom stereocenters. The first-order valence-electron chi connectivity index (χ1n) is 8.13. The molecule has 1 aromatic carbocycles. The van der Waals surface area contributed by atoms with Crippen LogP contribution in [0.2, 0.25) is 4.34 Å². The molecule has 0 fully saturated rings. The van der Waals surface area contributed by atoms with Crippen molar-refractivity contribution in [2.24, 2.45) is 0 Å². The van der Waals surface area contributed by atoms with Crippen molar-refractivity contribution in [1.82, 2.24) is 14.8 Å². The highest BCUT2D eigenvalue weighted by atomic mass is 35.5. The largest absolute Gasteiger partial charge is 0.297 e. The second-order valence-corrected chi connectivity index (χ2v) is 9.28. The Balaban J connectivity index is 1.59. The number of carbonyl (C=O) groups excluding carboxylic acids is 1. The number of nitrogens with zero attached hydrogens (tertiary/aromatic N) is 3. The smallest absolute Gasteiger partial charge is 0.192 e. The molecular weight excluding hydrogens is 418 g/mol. The van der Waals surface area contributed by atoms with Crippen molar-refractivity contribution in [2.45, 2.75) is 11.7 Å². The maximum atomic E-state index is 12.4. The Morgan fingerprint density at radius 3 is 2.63 bits per heavy atom. The molecule has 0 aliphatic heterocycles. The summed E-state index contributed by atoms with van der Waals surface area (Å²) in [6.45, 7) is 0.655. The Morgan fingerprint density at radius 1 is 1.07 bits per heavy atom. The SMILES string of the molecule is O=C(CSc1nnc(-c2cccs2)n1Cc1ccccc1)c1ccc(Cl)s1. The Morgan fingerprint density at radius 2 is 1.93 bits per heavy atom. The Hall–Kier alpha value is -1.93. The summed E-state index contributed by atoms with van der Waals surface area (Å²) in [5, 5.41) is 11.5. The number of carbonyl (C=O) groups is 1. The zero-order chi connectivity index (χ0) is 18.6. The summed E-state index contributed by atoms with van der Waals surface area (Å²) in [5.41, 5.74) is 1.16. The molecule has 0 spiro atoms. The number of Topliss-reactive ketones (excluding diaryl/α,β-unsaturated/α-hetero) is 1. The van der Waals surface area contributed by atoms with Gasteiger partial charge in [-0.25, -0.2) is 0 Å². The number of rotatable bonds is 7. The van der Waals surface area contributed by atoms with E-state index in [0.29, 0.717) is 21.5 Å². The van der Waals surface area contributed by atoms with Crippen LogP contribution in [-0.4, -0.2) is 26.3 Å². The average molecular weight is 432 g/mol. The second-order valence-electron chi connectivity index (χ2n) is 5.67. The summed E-state index contributed by atoms with van der Waals surface area (Å²) in [6.07, 6.45) is 0. The third-order valence-electron chi connectivity index (χ3n) is 3.82. The third kappa shape index (κ3) is 4.32. The summed E-state index contributed by atoms with van der Waals surface area (Å²) in [6, 6.07) is 17.7. The molecular formula is C19H14ClN3OS3. The number of halogens is 1. The lowest BCUT2D eigenvalue weighted by atomic mass is 10.2. The highest BCUT2D eigenvalue weighted by molar-refractivity contribution is 7.99. The predicted octanol–water partition coefficient (Wildman–Crippen LogP) is 5.74. The van der Waals surface area contributed by atoms with E-state index >= 15 is 0 Å². The monoisotopic (exact) mass is 431 g/mol. The van der Waals surface area contributed by atoms with Gasteiger partial charge in [-0.3, -0.25) is 9.36 Å². The number of aromatic nitrogens is 3. The van der Waals surface area contributed by atoms with Crippen molar-refractivity contribution in [3.05, 3.63) is 74.8 Å². The molecule has 0 aliphatic carbocycles. The molecule has 0 bridgehead atoms. The summed E-state index contributed by atoms with van der Waals surface area (Å²) in [5.74, 6) is 1.17. The van der Waals surface area contributed by atoms with E-state index in [1.807, 2.05) is 35.7 Å². The van der Waals surface area contributed by atoms with E-state index in [2.05, 4.69) is 26.9 Å². The first-order chi connectivity index (χ1) is 13.2. The lowest BCUT2D eigenvalue weighted by molar-refractivity contribution is 0.102. The maximum Gasteiger partial charge on any atom is 0.192 e. The molecule has 0 unspecified atom stereocenters. The van der Waals surface area contributed by atoms with Crippen molar-refractivity contribution in [2.75, 3.05) is 5.75 Å². The van der Waals surface area contributed by atoms with Gasteiger partial charge in [0.05, 0.1) is 26.4 Å².